The van der Waals surface area contributed by atoms with E-state index in [1.807, 2.05) is 0 Å². The lowest BCUT2D eigenvalue weighted by molar-refractivity contribution is 0.339. The Bertz CT molecular complexity index is 203. The Balaban J connectivity index is 3.36. The van der Waals surface area contributed by atoms with Gasteiger partial charge in [-0.05, 0) is 12.8 Å². The highest BCUT2D eigenvalue weighted by Gasteiger charge is 2.11. The minimum absolute atomic E-state index is 0.0731. The normalized spacial score (nSPS) is 14.4. The van der Waals surface area contributed by atoms with E-state index in [0.29, 0.717) is 19.0 Å². The molecule has 0 heterocycles. The summed E-state index contributed by atoms with van der Waals surface area (Å²) in [5.74, 6) is 0. The maximum absolute atomic E-state index is 10.9. The Hall–Kier alpha value is 0.300. The van der Waals surface area contributed by atoms with E-state index in [9.17, 15) is 9.13 Å². The van der Waals surface area contributed by atoms with E-state index >= 15 is 0 Å². The topological polar surface area (TPSA) is 110 Å². The smallest absolute Gasteiger partial charge is 0.324 e. The van der Waals surface area contributed by atoms with Crippen LogP contribution in [0.2, 0.25) is 0 Å². The van der Waals surface area contributed by atoms with Crippen LogP contribution in [0, 0.1) is 0 Å². The molecule has 0 aliphatic carbocycles. The van der Waals surface area contributed by atoms with Crippen LogP contribution in [-0.4, -0.2) is 28.8 Å². The molecular formula is C5H15NO5P2. The first-order chi connectivity index (χ1) is 5.95. The maximum Gasteiger partial charge on any atom is 0.325 e. The largest absolute Gasteiger partial charge is 0.325 e. The molecule has 0 aromatic heterocycles. The third-order valence-corrected chi connectivity index (χ3v) is 3.47. The Kier molecular flexibility index (Phi) is 6.86. The summed E-state index contributed by atoms with van der Waals surface area (Å²) in [7, 11) is -5.98. The second kappa shape index (κ2) is 6.71. The van der Waals surface area contributed by atoms with Gasteiger partial charge in [-0.3, -0.25) is 9.13 Å². The molecule has 4 N–H and O–H groups in total. The quantitative estimate of drug-likeness (QED) is 0.331. The van der Waals surface area contributed by atoms with Gasteiger partial charge in [0, 0.05) is 12.3 Å². The van der Waals surface area contributed by atoms with Crippen LogP contribution in [0.4, 0.5) is 0 Å². The molecule has 0 bridgehead atoms. The summed E-state index contributed by atoms with van der Waals surface area (Å²) in [6, 6.07) is 0. The van der Waals surface area contributed by atoms with Gasteiger partial charge in [0.15, 0.2) is 8.03 Å². The molecule has 0 amide bonds. The van der Waals surface area contributed by atoms with Crippen molar-refractivity contribution in [1.82, 2.24) is 0 Å². The zero-order valence-corrected chi connectivity index (χ0v) is 9.07. The SMILES string of the molecule is NCO[PH](=O)CCCCP(=O)(O)O. The lowest BCUT2D eigenvalue weighted by atomic mass is 10.4. The van der Waals surface area contributed by atoms with Crippen molar-refractivity contribution < 1.29 is 23.4 Å². The first-order valence-electron chi connectivity index (χ1n) is 3.86. The van der Waals surface area contributed by atoms with Gasteiger partial charge in [-0.15, -0.1) is 0 Å². The average molecular weight is 231 g/mol. The number of rotatable bonds is 7. The van der Waals surface area contributed by atoms with Crippen molar-refractivity contribution in [2.45, 2.75) is 12.8 Å². The summed E-state index contributed by atoms with van der Waals surface area (Å²) < 4.78 is 25.8. The van der Waals surface area contributed by atoms with Crippen molar-refractivity contribution in [2.24, 2.45) is 5.73 Å². The summed E-state index contributed by atoms with van der Waals surface area (Å²) in [6.07, 6.45) is 1.02. The summed E-state index contributed by atoms with van der Waals surface area (Å²) in [4.78, 5) is 17.0. The van der Waals surface area contributed by atoms with Crippen molar-refractivity contribution in [2.75, 3.05) is 19.1 Å². The number of unbranched alkanes of at least 4 members (excludes halogenated alkanes) is 1. The zero-order chi connectivity index (χ0) is 10.3. The van der Waals surface area contributed by atoms with Gasteiger partial charge < -0.3 is 20.0 Å². The van der Waals surface area contributed by atoms with Gasteiger partial charge >= 0.3 is 7.60 Å². The molecule has 1 unspecified atom stereocenters. The number of hydrogen-bond acceptors (Lipinski definition) is 4. The Morgan fingerprint density at radius 3 is 2.46 bits per heavy atom. The van der Waals surface area contributed by atoms with Gasteiger partial charge in [0.2, 0.25) is 0 Å². The number of nitrogens with two attached hydrogens (primary N) is 1. The Morgan fingerprint density at radius 2 is 2.00 bits per heavy atom. The number of hydrogen-bond donors (Lipinski definition) is 3. The van der Waals surface area contributed by atoms with E-state index < -0.39 is 15.6 Å². The van der Waals surface area contributed by atoms with Crippen LogP contribution in [0.25, 0.3) is 0 Å². The molecule has 0 aliphatic rings. The van der Waals surface area contributed by atoms with Crippen LogP contribution in [0.3, 0.4) is 0 Å². The van der Waals surface area contributed by atoms with Gasteiger partial charge in [-0.25, -0.2) is 0 Å². The Labute approximate surface area is 77.5 Å². The van der Waals surface area contributed by atoms with Gasteiger partial charge in [0.05, 0.1) is 0 Å². The molecule has 1 atom stereocenters. The predicted molar refractivity (Wildman–Crippen MR) is 50.2 cm³/mol. The van der Waals surface area contributed by atoms with Crippen molar-refractivity contribution in [3.05, 3.63) is 0 Å². The van der Waals surface area contributed by atoms with Crippen LogP contribution in [0.5, 0.6) is 0 Å². The van der Waals surface area contributed by atoms with Crippen LogP contribution in [0.15, 0.2) is 0 Å². The molecule has 80 valence electrons. The highest BCUT2D eigenvalue weighted by molar-refractivity contribution is 7.51. The minimum Gasteiger partial charge on any atom is -0.324 e. The van der Waals surface area contributed by atoms with E-state index in [-0.39, 0.29) is 12.9 Å². The molecule has 0 aromatic rings. The van der Waals surface area contributed by atoms with Crippen molar-refractivity contribution in [1.29, 1.82) is 0 Å². The molecule has 0 rings (SSSR count). The molecule has 0 aromatic carbocycles. The van der Waals surface area contributed by atoms with E-state index in [1.165, 1.54) is 0 Å². The van der Waals surface area contributed by atoms with E-state index in [1.54, 1.807) is 0 Å². The zero-order valence-electron chi connectivity index (χ0n) is 7.18. The van der Waals surface area contributed by atoms with Crippen LogP contribution < -0.4 is 5.73 Å². The third-order valence-electron chi connectivity index (χ3n) is 1.32. The monoisotopic (exact) mass is 231 g/mol. The first kappa shape index (κ1) is 13.3. The summed E-state index contributed by atoms with van der Waals surface area (Å²) >= 11 is 0. The molecule has 0 spiro atoms. The standard InChI is InChI=1S/C5H15NO5P2/c6-5-11-12(7)3-1-2-4-13(8,9)10/h12H,1-6H2,(H2,8,9,10). The second-order valence-corrected chi connectivity index (χ2v) is 5.84. The van der Waals surface area contributed by atoms with E-state index in [0.717, 1.165) is 0 Å². The molecule has 8 heteroatoms. The maximum atomic E-state index is 10.9. The fraction of sp³-hybridized carbons (Fsp3) is 1.00. The summed E-state index contributed by atoms with van der Waals surface area (Å²) in [5.41, 5.74) is 4.98. The molecule has 0 saturated heterocycles. The van der Waals surface area contributed by atoms with Gasteiger partial charge in [-0.2, -0.15) is 0 Å². The summed E-state index contributed by atoms with van der Waals surface area (Å²) in [6.45, 7) is -0.0731. The Morgan fingerprint density at radius 1 is 1.38 bits per heavy atom. The molecular weight excluding hydrogens is 216 g/mol. The molecule has 0 fully saturated rings. The van der Waals surface area contributed by atoms with Crippen molar-refractivity contribution >= 4 is 15.6 Å². The minimum atomic E-state index is -3.90. The predicted octanol–water partition coefficient (Wildman–Crippen LogP) is 0.352. The molecule has 0 aliphatic heterocycles. The highest BCUT2D eigenvalue weighted by atomic mass is 31.2. The van der Waals surface area contributed by atoms with E-state index in [2.05, 4.69) is 4.52 Å². The summed E-state index contributed by atoms with van der Waals surface area (Å²) in [5, 5.41) is 0. The first-order valence-corrected chi connectivity index (χ1v) is 7.18. The third kappa shape index (κ3) is 10.2. The van der Waals surface area contributed by atoms with Crippen LogP contribution in [0.1, 0.15) is 12.8 Å². The van der Waals surface area contributed by atoms with Gasteiger partial charge in [-0.1, -0.05) is 0 Å². The fourth-order valence-electron chi connectivity index (χ4n) is 0.752. The van der Waals surface area contributed by atoms with Crippen LogP contribution in [-0.2, 0) is 13.7 Å². The molecule has 13 heavy (non-hydrogen) atoms. The van der Waals surface area contributed by atoms with E-state index in [4.69, 9.17) is 15.5 Å². The lowest BCUT2D eigenvalue weighted by Crippen LogP contribution is -1.99. The van der Waals surface area contributed by atoms with Gasteiger partial charge in [0.25, 0.3) is 0 Å². The van der Waals surface area contributed by atoms with Crippen LogP contribution >= 0.6 is 15.6 Å². The highest BCUT2D eigenvalue weighted by Crippen LogP contribution is 2.36. The fourth-order valence-corrected chi connectivity index (χ4v) is 2.26. The second-order valence-electron chi connectivity index (χ2n) is 2.53. The average Bonchev–Trinajstić information content (AvgIpc) is 1.97. The van der Waals surface area contributed by atoms with Gasteiger partial charge in [0.1, 0.15) is 6.73 Å². The van der Waals surface area contributed by atoms with Crippen molar-refractivity contribution in [3.8, 4) is 0 Å². The molecule has 6 nitrogen and oxygen atoms in total. The molecule has 0 saturated carbocycles. The molecule has 0 radical (unpaired) electrons. The van der Waals surface area contributed by atoms with Crippen molar-refractivity contribution in [3.63, 3.8) is 0 Å². The lowest BCUT2D eigenvalue weighted by Gasteiger charge is -2.03.